The lowest BCUT2D eigenvalue weighted by Gasteiger charge is -2.04. The van der Waals surface area contributed by atoms with E-state index in [0.717, 1.165) is 11.3 Å². The number of aliphatic hydroxyl groups excluding tert-OH is 1. The quantitative estimate of drug-likeness (QED) is 0.848. The van der Waals surface area contributed by atoms with Gasteiger partial charge in [0.2, 0.25) is 11.8 Å². The van der Waals surface area contributed by atoms with Crippen LogP contribution in [0.15, 0.2) is 28.7 Å². The molecule has 0 aliphatic heterocycles. The molecule has 0 fully saturated rings. The minimum absolute atomic E-state index is 0.0353. The van der Waals surface area contributed by atoms with Gasteiger partial charge >= 0.3 is 0 Å². The van der Waals surface area contributed by atoms with E-state index < -0.39 is 0 Å². The normalized spacial score (nSPS) is 10.9. The van der Waals surface area contributed by atoms with Crippen molar-refractivity contribution in [2.75, 3.05) is 5.32 Å². The van der Waals surface area contributed by atoms with Gasteiger partial charge in [-0.2, -0.15) is 0 Å². The molecule has 0 saturated carbocycles. The van der Waals surface area contributed by atoms with Gasteiger partial charge in [0.1, 0.15) is 0 Å². The summed E-state index contributed by atoms with van der Waals surface area (Å²) in [5.41, 5.74) is 1.79. The van der Waals surface area contributed by atoms with Crippen molar-refractivity contribution in [1.82, 2.24) is 10.2 Å². The minimum atomic E-state index is 0.0353. The summed E-state index contributed by atoms with van der Waals surface area (Å²) in [6, 6.07) is 7.58. The molecular weight excluding hydrogens is 230 g/mol. The maximum Gasteiger partial charge on any atom is 0.235 e. The van der Waals surface area contributed by atoms with Gasteiger partial charge in [0.05, 0.1) is 13.2 Å². The molecule has 1 aromatic heterocycles. The molecule has 5 nitrogen and oxygen atoms in total. The monoisotopic (exact) mass is 247 g/mol. The summed E-state index contributed by atoms with van der Waals surface area (Å²) >= 11 is 0. The van der Waals surface area contributed by atoms with Crippen molar-refractivity contribution >= 4 is 5.69 Å². The van der Waals surface area contributed by atoms with Crippen LogP contribution in [0, 0.1) is 0 Å². The number of hydrogen-bond acceptors (Lipinski definition) is 5. The van der Waals surface area contributed by atoms with Crippen LogP contribution < -0.4 is 5.32 Å². The van der Waals surface area contributed by atoms with E-state index in [2.05, 4.69) is 15.5 Å². The van der Waals surface area contributed by atoms with Gasteiger partial charge in [0.25, 0.3) is 0 Å². The molecule has 0 radical (unpaired) electrons. The lowest BCUT2D eigenvalue weighted by Crippen LogP contribution is -2.00. The second kappa shape index (κ2) is 5.64. The molecule has 0 amide bonds. The first kappa shape index (κ1) is 12.6. The molecule has 0 spiro atoms. The third-order valence-electron chi connectivity index (χ3n) is 2.53. The van der Waals surface area contributed by atoms with Gasteiger partial charge < -0.3 is 14.8 Å². The fourth-order valence-corrected chi connectivity index (χ4v) is 1.53. The Morgan fingerprint density at radius 1 is 1.33 bits per heavy atom. The Morgan fingerprint density at radius 2 is 2.17 bits per heavy atom. The van der Waals surface area contributed by atoms with Crippen molar-refractivity contribution in [3.63, 3.8) is 0 Å². The van der Waals surface area contributed by atoms with Crippen molar-refractivity contribution in [3.8, 4) is 0 Å². The zero-order valence-corrected chi connectivity index (χ0v) is 10.6. The van der Waals surface area contributed by atoms with Crippen LogP contribution in [0.1, 0.15) is 37.1 Å². The summed E-state index contributed by atoms with van der Waals surface area (Å²) in [6.45, 7) is 4.53. The highest BCUT2D eigenvalue weighted by Gasteiger charge is 2.09. The van der Waals surface area contributed by atoms with Crippen molar-refractivity contribution < 1.29 is 9.52 Å². The Labute approximate surface area is 106 Å². The zero-order chi connectivity index (χ0) is 13.0. The smallest absolute Gasteiger partial charge is 0.235 e. The highest BCUT2D eigenvalue weighted by Crippen LogP contribution is 2.14. The van der Waals surface area contributed by atoms with Crippen LogP contribution in [0.25, 0.3) is 0 Å². The predicted molar refractivity (Wildman–Crippen MR) is 68.1 cm³/mol. The fourth-order valence-electron chi connectivity index (χ4n) is 1.53. The molecular formula is C13H17N3O2. The maximum absolute atomic E-state index is 9.04. The number of anilines is 1. The van der Waals surface area contributed by atoms with Crippen LogP contribution in [0.4, 0.5) is 5.69 Å². The van der Waals surface area contributed by atoms with Gasteiger partial charge in [-0.05, 0) is 17.7 Å². The summed E-state index contributed by atoms with van der Waals surface area (Å²) in [7, 11) is 0. The van der Waals surface area contributed by atoms with Gasteiger partial charge in [0.15, 0.2) is 0 Å². The van der Waals surface area contributed by atoms with Crippen LogP contribution in [-0.4, -0.2) is 15.3 Å². The average Bonchev–Trinajstić information content (AvgIpc) is 2.85. The van der Waals surface area contributed by atoms with Crippen molar-refractivity contribution in [3.05, 3.63) is 41.6 Å². The first-order valence-corrected chi connectivity index (χ1v) is 5.95. The largest absolute Gasteiger partial charge is 0.423 e. The molecule has 0 saturated heterocycles. The standard InChI is InChI=1S/C13H17N3O2/c1-9(2)13-16-15-12(18-13)7-14-11-5-3-4-10(6-11)8-17/h3-6,9,14,17H,7-8H2,1-2H3. The Kier molecular flexibility index (Phi) is 3.94. The Balaban J connectivity index is 1.97. The van der Waals surface area contributed by atoms with Crippen molar-refractivity contribution in [2.45, 2.75) is 32.9 Å². The third-order valence-corrected chi connectivity index (χ3v) is 2.53. The first-order valence-electron chi connectivity index (χ1n) is 5.95. The summed E-state index contributed by atoms with van der Waals surface area (Å²) in [5.74, 6) is 1.45. The number of aromatic nitrogens is 2. The van der Waals surface area contributed by atoms with E-state index in [1.165, 1.54) is 0 Å². The molecule has 18 heavy (non-hydrogen) atoms. The van der Waals surface area contributed by atoms with Gasteiger partial charge in [-0.25, -0.2) is 0 Å². The first-order chi connectivity index (χ1) is 8.69. The number of hydrogen-bond donors (Lipinski definition) is 2. The van der Waals surface area contributed by atoms with E-state index in [1.807, 2.05) is 38.1 Å². The van der Waals surface area contributed by atoms with Crippen LogP contribution in [0.3, 0.4) is 0 Å². The molecule has 96 valence electrons. The van der Waals surface area contributed by atoms with E-state index in [9.17, 15) is 0 Å². The second-order valence-electron chi connectivity index (χ2n) is 4.40. The third kappa shape index (κ3) is 3.07. The van der Waals surface area contributed by atoms with Gasteiger partial charge in [-0.15, -0.1) is 10.2 Å². The molecule has 0 aliphatic carbocycles. The van der Waals surface area contributed by atoms with Crippen molar-refractivity contribution in [1.29, 1.82) is 0 Å². The SMILES string of the molecule is CC(C)c1nnc(CNc2cccc(CO)c2)o1. The summed E-state index contributed by atoms with van der Waals surface area (Å²) in [6.07, 6.45) is 0. The van der Waals surface area contributed by atoms with E-state index in [1.54, 1.807) is 0 Å². The number of benzene rings is 1. The van der Waals surface area contributed by atoms with Gasteiger partial charge in [-0.3, -0.25) is 0 Å². The molecule has 2 N–H and O–H groups in total. The zero-order valence-electron chi connectivity index (χ0n) is 10.6. The predicted octanol–water partition coefficient (Wildman–Crippen LogP) is 2.30. The van der Waals surface area contributed by atoms with E-state index in [0.29, 0.717) is 18.3 Å². The molecule has 0 atom stereocenters. The Morgan fingerprint density at radius 3 is 2.83 bits per heavy atom. The van der Waals surface area contributed by atoms with Gasteiger partial charge in [-0.1, -0.05) is 26.0 Å². The minimum Gasteiger partial charge on any atom is -0.423 e. The molecule has 2 rings (SSSR count). The van der Waals surface area contributed by atoms with E-state index in [-0.39, 0.29) is 12.5 Å². The molecule has 1 heterocycles. The van der Waals surface area contributed by atoms with E-state index in [4.69, 9.17) is 9.52 Å². The maximum atomic E-state index is 9.04. The molecule has 1 aromatic carbocycles. The molecule has 0 bridgehead atoms. The summed E-state index contributed by atoms with van der Waals surface area (Å²) < 4.78 is 5.49. The second-order valence-corrected chi connectivity index (χ2v) is 4.40. The highest BCUT2D eigenvalue weighted by atomic mass is 16.4. The molecule has 2 aromatic rings. The lowest BCUT2D eigenvalue weighted by molar-refractivity contribution is 0.282. The van der Waals surface area contributed by atoms with Crippen LogP contribution in [-0.2, 0) is 13.2 Å². The topological polar surface area (TPSA) is 71.2 Å². The number of nitrogens with zero attached hydrogens (tertiary/aromatic N) is 2. The van der Waals surface area contributed by atoms with E-state index >= 15 is 0 Å². The Hall–Kier alpha value is -1.88. The lowest BCUT2D eigenvalue weighted by atomic mass is 10.2. The van der Waals surface area contributed by atoms with Crippen molar-refractivity contribution in [2.24, 2.45) is 0 Å². The summed E-state index contributed by atoms with van der Waals surface area (Å²) in [4.78, 5) is 0. The van der Waals surface area contributed by atoms with Crippen LogP contribution in [0.2, 0.25) is 0 Å². The average molecular weight is 247 g/mol. The number of rotatable bonds is 5. The number of aliphatic hydroxyl groups is 1. The highest BCUT2D eigenvalue weighted by molar-refractivity contribution is 5.45. The fraction of sp³-hybridized carbons (Fsp3) is 0.385. The molecule has 5 heteroatoms. The molecule has 0 aliphatic rings. The Bertz CT molecular complexity index is 508. The van der Waals surface area contributed by atoms with Crippen LogP contribution >= 0.6 is 0 Å². The molecule has 0 unspecified atom stereocenters. The number of nitrogens with one attached hydrogen (secondary N) is 1. The van der Waals surface area contributed by atoms with Crippen LogP contribution in [0.5, 0.6) is 0 Å². The van der Waals surface area contributed by atoms with Gasteiger partial charge in [0, 0.05) is 11.6 Å². The summed E-state index contributed by atoms with van der Waals surface area (Å²) in [5, 5.41) is 20.2.